The predicted molar refractivity (Wildman–Crippen MR) is 82.0 cm³/mol. The summed E-state index contributed by atoms with van der Waals surface area (Å²) in [7, 11) is 0. The first kappa shape index (κ1) is 14.4. The highest BCUT2D eigenvalue weighted by molar-refractivity contribution is 6.33. The van der Waals surface area contributed by atoms with Crippen molar-refractivity contribution in [2.24, 2.45) is 0 Å². The van der Waals surface area contributed by atoms with Crippen molar-refractivity contribution in [1.29, 1.82) is 0 Å². The molecule has 0 fully saturated rings. The summed E-state index contributed by atoms with van der Waals surface area (Å²) < 4.78 is 0. The maximum atomic E-state index is 11.2. The van der Waals surface area contributed by atoms with Gasteiger partial charge in [-0.25, -0.2) is 0 Å². The van der Waals surface area contributed by atoms with E-state index in [2.05, 4.69) is 0 Å². The van der Waals surface area contributed by atoms with Crippen molar-refractivity contribution >= 4 is 23.3 Å². The average Bonchev–Trinajstić information content (AvgIpc) is 2.38. The van der Waals surface area contributed by atoms with Gasteiger partial charge in [-0.05, 0) is 37.1 Å². The molecule has 0 heterocycles. The van der Waals surface area contributed by atoms with Crippen molar-refractivity contribution < 1.29 is 9.90 Å². The van der Waals surface area contributed by atoms with Gasteiger partial charge >= 0.3 is 5.97 Å². The van der Waals surface area contributed by atoms with E-state index in [9.17, 15) is 9.90 Å². The molecule has 0 atom stereocenters. The number of carboxylic acids is 1. The smallest absolute Gasteiger partial charge is 0.313 e. The van der Waals surface area contributed by atoms with E-state index in [1.54, 1.807) is 26.0 Å². The van der Waals surface area contributed by atoms with Gasteiger partial charge in [0, 0.05) is 11.3 Å². The standard InChI is InChI=1S/C16H16ClNO2/c1-16(2,15(19)20)11-5-3-10(4-6-11)13-8-7-12(18)9-14(13)17/h3-9H,18H2,1-2H3,(H,19,20). The van der Waals surface area contributed by atoms with Crippen molar-refractivity contribution in [3.8, 4) is 11.1 Å². The topological polar surface area (TPSA) is 63.3 Å². The summed E-state index contributed by atoms with van der Waals surface area (Å²) in [5.74, 6) is -0.851. The van der Waals surface area contributed by atoms with Gasteiger partial charge in [0.25, 0.3) is 0 Å². The molecule has 3 N–H and O–H groups in total. The monoisotopic (exact) mass is 289 g/mol. The molecule has 0 aliphatic rings. The fourth-order valence-electron chi connectivity index (χ4n) is 1.96. The Hall–Kier alpha value is -2.00. The average molecular weight is 290 g/mol. The molecule has 0 amide bonds. The van der Waals surface area contributed by atoms with Crippen LogP contribution in [-0.2, 0) is 10.2 Å². The Morgan fingerprint density at radius 3 is 2.25 bits per heavy atom. The molecule has 3 nitrogen and oxygen atoms in total. The van der Waals surface area contributed by atoms with Crippen LogP contribution in [0, 0.1) is 0 Å². The fraction of sp³-hybridized carbons (Fsp3) is 0.188. The number of benzene rings is 2. The third kappa shape index (κ3) is 2.63. The van der Waals surface area contributed by atoms with E-state index in [0.29, 0.717) is 10.7 Å². The number of hydrogen-bond acceptors (Lipinski definition) is 2. The lowest BCUT2D eigenvalue weighted by molar-refractivity contribution is -0.142. The zero-order chi connectivity index (χ0) is 14.9. The van der Waals surface area contributed by atoms with E-state index in [-0.39, 0.29) is 0 Å². The van der Waals surface area contributed by atoms with Gasteiger partial charge in [-0.1, -0.05) is 41.9 Å². The number of nitrogens with two attached hydrogens (primary N) is 1. The van der Waals surface area contributed by atoms with Crippen LogP contribution in [0.5, 0.6) is 0 Å². The van der Waals surface area contributed by atoms with Crippen LogP contribution in [0.4, 0.5) is 5.69 Å². The van der Waals surface area contributed by atoms with Crippen LogP contribution < -0.4 is 5.73 Å². The van der Waals surface area contributed by atoms with Gasteiger partial charge in [-0.15, -0.1) is 0 Å². The van der Waals surface area contributed by atoms with Crippen LogP contribution in [0.2, 0.25) is 5.02 Å². The number of carboxylic acid groups (broad SMARTS) is 1. The first-order valence-electron chi connectivity index (χ1n) is 6.21. The summed E-state index contributed by atoms with van der Waals surface area (Å²) in [5, 5.41) is 9.80. The minimum absolute atomic E-state index is 0.579. The number of hydrogen-bond donors (Lipinski definition) is 2. The molecule has 0 aliphatic heterocycles. The summed E-state index contributed by atoms with van der Waals surface area (Å²) in [5.41, 5.74) is 7.93. The fourth-order valence-corrected chi connectivity index (χ4v) is 2.25. The van der Waals surface area contributed by atoms with Crippen molar-refractivity contribution in [2.75, 3.05) is 5.73 Å². The highest BCUT2D eigenvalue weighted by Gasteiger charge is 2.29. The second-order valence-corrected chi connectivity index (χ2v) is 5.65. The number of anilines is 1. The molecular weight excluding hydrogens is 274 g/mol. The van der Waals surface area contributed by atoms with Crippen LogP contribution in [-0.4, -0.2) is 11.1 Å². The third-order valence-corrected chi connectivity index (χ3v) is 3.76. The summed E-state index contributed by atoms with van der Waals surface area (Å²) in [6.07, 6.45) is 0. The number of halogens is 1. The Bertz CT molecular complexity index is 648. The molecule has 0 saturated heterocycles. The molecule has 0 radical (unpaired) electrons. The number of rotatable bonds is 3. The predicted octanol–water partition coefficient (Wildman–Crippen LogP) is 3.95. The maximum Gasteiger partial charge on any atom is 0.313 e. The molecule has 4 heteroatoms. The third-order valence-electron chi connectivity index (χ3n) is 3.45. The van der Waals surface area contributed by atoms with E-state index in [1.807, 2.05) is 30.3 Å². The van der Waals surface area contributed by atoms with Gasteiger partial charge in [0.15, 0.2) is 0 Å². The van der Waals surface area contributed by atoms with Gasteiger partial charge in [0.1, 0.15) is 0 Å². The molecule has 0 aromatic heterocycles. The van der Waals surface area contributed by atoms with E-state index in [4.69, 9.17) is 17.3 Å². The molecule has 2 rings (SSSR count). The second-order valence-electron chi connectivity index (χ2n) is 5.25. The zero-order valence-electron chi connectivity index (χ0n) is 11.4. The lowest BCUT2D eigenvalue weighted by atomic mass is 9.84. The first-order valence-corrected chi connectivity index (χ1v) is 6.59. The lowest BCUT2D eigenvalue weighted by Crippen LogP contribution is -2.28. The highest BCUT2D eigenvalue weighted by Crippen LogP contribution is 2.31. The van der Waals surface area contributed by atoms with Gasteiger partial charge in [-0.2, -0.15) is 0 Å². The van der Waals surface area contributed by atoms with Crippen molar-refractivity contribution in [2.45, 2.75) is 19.3 Å². The molecule has 2 aromatic rings. The molecule has 104 valence electrons. The molecule has 2 aromatic carbocycles. The van der Waals surface area contributed by atoms with E-state index >= 15 is 0 Å². The Balaban J connectivity index is 2.40. The minimum Gasteiger partial charge on any atom is -0.481 e. The normalized spacial score (nSPS) is 11.3. The quantitative estimate of drug-likeness (QED) is 0.841. The molecule has 0 bridgehead atoms. The van der Waals surface area contributed by atoms with Crippen LogP contribution in [0.25, 0.3) is 11.1 Å². The largest absolute Gasteiger partial charge is 0.481 e. The van der Waals surface area contributed by atoms with Gasteiger partial charge in [0.05, 0.1) is 10.4 Å². The van der Waals surface area contributed by atoms with Crippen molar-refractivity contribution in [3.05, 3.63) is 53.1 Å². The summed E-state index contributed by atoms with van der Waals surface area (Å²) in [6, 6.07) is 12.7. The van der Waals surface area contributed by atoms with Gasteiger partial charge in [-0.3, -0.25) is 4.79 Å². The van der Waals surface area contributed by atoms with Crippen molar-refractivity contribution in [1.82, 2.24) is 0 Å². The summed E-state index contributed by atoms with van der Waals surface area (Å²) >= 11 is 6.17. The zero-order valence-corrected chi connectivity index (χ0v) is 12.1. The second kappa shape index (κ2) is 5.17. The number of carbonyl (C=O) groups is 1. The van der Waals surface area contributed by atoms with Crippen LogP contribution in [0.1, 0.15) is 19.4 Å². The van der Waals surface area contributed by atoms with E-state index in [0.717, 1.165) is 16.7 Å². The molecule has 0 spiro atoms. The van der Waals surface area contributed by atoms with Crippen LogP contribution in [0.3, 0.4) is 0 Å². The highest BCUT2D eigenvalue weighted by atomic mass is 35.5. The Morgan fingerprint density at radius 2 is 1.75 bits per heavy atom. The minimum atomic E-state index is -0.913. The molecule has 20 heavy (non-hydrogen) atoms. The molecular formula is C16H16ClNO2. The number of nitrogen functional groups attached to an aromatic ring is 1. The van der Waals surface area contributed by atoms with Gasteiger partial charge in [0.2, 0.25) is 0 Å². The SMILES string of the molecule is CC(C)(C(=O)O)c1ccc(-c2ccc(N)cc2Cl)cc1. The molecule has 0 aliphatic carbocycles. The van der Waals surface area contributed by atoms with Crippen LogP contribution in [0.15, 0.2) is 42.5 Å². The summed E-state index contributed by atoms with van der Waals surface area (Å²) in [6.45, 7) is 3.36. The van der Waals surface area contributed by atoms with Gasteiger partial charge < -0.3 is 10.8 Å². The first-order chi connectivity index (χ1) is 9.32. The summed E-state index contributed by atoms with van der Waals surface area (Å²) in [4.78, 5) is 11.2. The lowest BCUT2D eigenvalue weighted by Gasteiger charge is -2.20. The van der Waals surface area contributed by atoms with Crippen molar-refractivity contribution in [3.63, 3.8) is 0 Å². The molecule has 0 unspecified atom stereocenters. The Labute approximate surface area is 123 Å². The molecule has 0 saturated carbocycles. The Morgan fingerprint density at radius 1 is 1.15 bits per heavy atom. The number of aliphatic carboxylic acids is 1. The van der Waals surface area contributed by atoms with Crippen LogP contribution >= 0.6 is 11.6 Å². The maximum absolute atomic E-state index is 11.2. The van der Waals surface area contributed by atoms with E-state index < -0.39 is 11.4 Å². The Kier molecular flexibility index (Phi) is 3.73. The van der Waals surface area contributed by atoms with E-state index in [1.165, 1.54) is 0 Å².